The molecule has 0 aliphatic carbocycles. The molecule has 2 aromatic rings. The van der Waals surface area contributed by atoms with Gasteiger partial charge in [-0.1, -0.05) is 42.5 Å². The zero-order valence-electron chi connectivity index (χ0n) is 13.6. The molecule has 3 nitrogen and oxygen atoms in total. The molecule has 118 valence electrons. The lowest BCUT2D eigenvalue weighted by atomic mass is 9.92. The Balaban J connectivity index is 1.93. The van der Waals surface area contributed by atoms with Crippen LogP contribution in [0.4, 0.5) is 0 Å². The van der Waals surface area contributed by atoms with Gasteiger partial charge in [-0.15, -0.1) is 0 Å². The number of aliphatic hydroxyl groups is 1. The predicted molar refractivity (Wildman–Crippen MR) is 90.0 cm³/mol. The third kappa shape index (κ3) is 4.58. The van der Waals surface area contributed by atoms with Crippen molar-refractivity contribution in [2.24, 2.45) is 0 Å². The first-order valence-electron chi connectivity index (χ1n) is 7.60. The average Bonchev–Trinajstić information content (AvgIpc) is 2.54. The Kier molecular flexibility index (Phi) is 5.58. The van der Waals surface area contributed by atoms with Gasteiger partial charge >= 0.3 is 0 Å². The van der Waals surface area contributed by atoms with Gasteiger partial charge in [0.15, 0.2) is 0 Å². The summed E-state index contributed by atoms with van der Waals surface area (Å²) >= 11 is 0. The van der Waals surface area contributed by atoms with E-state index in [1.165, 1.54) is 5.56 Å². The number of hydrogen-bond acceptors (Lipinski definition) is 3. The Morgan fingerprint density at radius 3 is 2.50 bits per heavy atom. The maximum atomic E-state index is 10.7. The number of ether oxygens (including phenoxy) is 1. The first kappa shape index (κ1) is 16.5. The number of rotatable bonds is 7. The van der Waals surface area contributed by atoms with E-state index in [4.69, 9.17) is 4.74 Å². The molecule has 1 unspecified atom stereocenters. The Bertz CT molecular complexity index is 581. The standard InChI is InChI=1S/C19H25NO2/c1-19(21,17-10-7-11-18(14-17)22-3)12-13-20(2)15-16-8-5-4-6-9-16/h4-11,14,21H,12-13,15H2,1-3H3. The molecule has 0 radical (unpaired) electrons. The van der Waals surface area contributed by atoms with Gasteiger partial charge in [0, 0.05) is 13.1 Å². The molecule has 0 aliphatic heterocycles. The normalized spacial score (nSPS) is 13.9. The highest BCUT2D eigenvalue weighted by atomic mass is 16.5. The van der Waals surface area contributed by atoms with E-state index in [2.05, 4.69) is 36.2 Å². The second-order valence-electron chi connectivity index (χ2n) is 5.98. The Hall–Kier alpha value is -1.84. The highest BCUT2D eigenvalue weighted by Gasteiger charge is 2.23. The van der Waals surface area contributed by atoms with E-state index in [-0.39, 0.29) is 0 Å². The van der Waals surface area contributed by atoms with Crippen LogP contribution in [0.1, 0.15) is 24.5 Å². The number of benzene rings is 2. The molecule has 1 N–H and O–H groups in total. The SMILES string of the molecule is COc1cccc(C(C)(O)CCN(C)Cc2ccccc2)c1. The minimum atomic E-state index is -0.862. The lowest BCUT2D eigenvalue weighted by molar-refractivity contribution is 0.0375. The van der Waals surface area contributed by atoms with E-state index < -0.39 is 5.60 Å². The van der Waals surface area contributed by atoms with Gasteiger partial charge in [0.2, 0.25) is 0 Å². The first-order valence-corrected chi connectivity index (χ1v) is 7.60. The molecule has 0 heterocycles. The molecular formula is C19H25NO2. The van der Waals surface area contributed by atoms with E-state index in [1.54, 1.807) is 7.11 Å². The van der Waals surface area contributed by atoms with E-state index in [0.717, 1.165) is 24.4 Å². The van der Waals surface area contributed by atoms with Gasteiger partial charge in [-0.05, 0) is 43.7 Å². The molecule has 0 amide bonds. The second-order valence-corrected chi connectivity index (χ2v) is 5.98. The van der Waals surface area contributed by atoms with Gasteiger partial charge < -0.3 is 14.7 Å². The molecule has 0 saturated heterocycles. The number of methoxy groups -OCH3 is 1. The number of hydrogen-bond donors (Lipinski definition) is 1. The first-order chi connectivity index (χ1) is 10.5. The Morgan fingerprint density at radius 1 is 1.09 bits per heavy atom. The van der Waals surface area contributed by atoms with Crippen LogP contribution >= 0.6 is 0 Å². The molecule has 1 atom stereocenters. The van der Waals surface area contributed by atoms with Crippen molar-refractivity contribution in [1.29, 1.82) is 0 Å². The van der Waals surface area contributed by atoms with Gasteiger partial charge in [-0.2, -0.15) is 0 Å². The molecule has 22 heavy (non-hydrogen) atoms. The van der Waals surface area contributed by atoms with Gasteiger partial charge in [-0.25, -0.2) is 0 Å². The second kappa shape index (κ2) is 7.43. The lowest BCUT2D eigenvalue weighted by Crippen LogP contribution is -2.29. The van der Waals surface area contributed by atoms with E-state index in [9.17, 15) is 5.11 Å². The summed E-state index contributed by atoms with van der Waals surface area (Å²) in [5.41, 5.74) is 1.31. The van der Waals surface area contributed by atoms with Crippen LogP contribution in [-0.4, -0.2) is 30.7 Å². The van der Waals surface area contributed by atoms with Crippen molar-refractivity contribution in [3.63, 3.8) is 0 Å². The van der Waals surface area contributed by atoms with Gasteiger partial charge in [0.1, 0.15) is 5.75 Å². The summed E-state index contributed by atoms with van der Waals surface area (Å²) in [7, 11) is 3.72. The third-order valence-corrected chi connectivity index (χ3v) is 3.97. The molecule has 2 aromatic carbocycles. The quantitative estimate of drug-likeness (QED) is 0.850. The van der Waals surface area contributed by atoms with Crippen LogP contribution in [-0.2, 0) is 12.1 Å². The smallest absolute Gasteiger partial charge is 0.119 e. The molecule has 0 saturated carbocycles. The summed E-state index contributed by atoms with van der Waals surface area (Å²) < 4.78 is 5.23. The molecule has 0 aliphatic rings. The highest BCUT2D eigenvalue weighted by molar-refractivity contribution is 5.31. The maximum absolute atomic E-state index is 10.7. The summed E-state index contributed by atoms with van der Waals surface area (Å²) in [5, 5.41) is 10.7. The van der Waals surface area contributed by atoms with Gasteiger partial charge in [0.05, 0.1) is 12.7 Å². The van der Waals surface area contributed by atoms with Crippen molar-refractivity contribution < 1.29 is 9.84 Å². The topological polar surface area (TPSA) is 32.7 Å². The van der Waals surface area contributed by atoms with E-state index >= 15 is 0 Å². The van der Waals surface area contributed by atoms with Crippen LogP contribution in [0.15, 0.2) is 54.6 Å². The fourth-order valence-corrected chi connectivity index (χ4v) is 2.49. The summed E-state index contributed by atoms with van der Waals surface area (Å²) in [6, 6.07) is 18.0. The predicted octanol–water partition coefficient (Wildman–Crippen LogP) is 3.42. The van der Waals surface area contributed by atoms with Crippen molar-refractivity contribution in [2.45, 2.75) is 25.5 Å². The fraction of sp³-hybridized carbons (Fsp3) is 0.368. The van der Waals surface area contributed by atoms with Crippen LogP contribution in [0.25, 0.3) is 0 Å². The van der Waals surface area contributed by atoms with Crippen LogP contribution < -0.4 is 4.74 Å². The minimum absolute atomic E-state index is 0.670. The van der Waals surface area contributed by atoms with Crippen LogP contribution in [0.3, 0.4) is 0 Å². The third-order valence-electron chi connectivity index (χ3n) is 3.97. The van der Waals surface area contributed by atoms with Gasteiger partial charge in [-0.3, -0.25) is 0 Å². The summed E-state index contributed by atoms with van der Waals surface area (Å²) in [5.74, 6) is 0.774. The Labute approximate surface area is 133 Å². The molecule has 3 heteroatoms. The summed E-state index contributed by atoms with van der Waals surface area (Å²) in [6.07, 6.45) is 0.670. The van der Waals surface area contributed by atoms with Crippen LogP contribution in [0.5, 0.6) is 5.75 Å². The molecule has 0 bridgehead atoms. The van der Waals surface area contributed by atoms with E-state index in [0.29, 0.717) is 6.42 Å². The molecular weight excluding hydrogens is 274 g/mol. The van der Waals surface area contributed by atoms with Crippen LogP contribution in [0.2, 0.25) is 0 Å². The summed E-state index contributed by atoms with van der Waals surface area (Å²) in [6.45, 7) is 3.56. The molecule has 2 rings (SSSR count). The Morgan fingerprint density at radius 2 is 1.82 bits per heavy atom. The number of nitrogens with zero attached hydrogens (tertiary/aromatic N) is 1. The maximum Gasteiger partial charge on any atom is 0.119 e. The molecule has 0 spiro atoms. The molecule has 0 fully saturated rings. The fourth-order valence-electron chi connectivity index (χ4n) is 2.49. The molecule has 0 aromatic heterocycles. The average molecular weight is 299 g/mol. The van der Waals surface area contributed by atoms with E-state index in [1.807, 2.05) is 37.3 Å². The zero-order valence-corrected chi connectivity index (χ0v) is 13.6. The van der Waals surface area contributed by atoms with Crippen molar-refractivity contribution in [2.75, 3.05) is 20.7 Å². The zero-order chi connectivity index (χ0) is 16.0. The van der Waals surface area contributed by atoms with Crippen molar-refractivity contribution >= 4 is 0 Å². The van der Waals surface area contributed by atoms with Crippen LogP contribution in [0, 0.1) is 0 Å². The van der Waals surface area contributed by atoms with Crippen molar-refractivity contribution in [3.8, 4) is 5.75 Å². The van der Waals surface area contributed by atoms with Gasteiger partial charge in [0.25, 0.3) is 0 Å². The largest absolute Gasteiger partial charge is 0.497 e. The van der Waals surface area contributed by atoms with Crippen molar-refractivity contribution in [1.82, 2.24) is 4.90 Å². The minimum Gasteiger partial charge on any atom is -0.497 e. The summed E-state index contributed by atoms with van der Waals surface area (Å²) in [4.78, 5) is 2.23. The highest BCUT2D eigenvalue weighted by Crippen LogP contribution is 2.27. The lowest BCUT2D eigenvalue weighted by Gasteiger charge is -2.27. The monoisotopic (exact) mass is 299 g/mol. The van der Waals surface area contributed by atoms with Crippen molar-refractivity contribution in [3.05, 3.63) is 65.7 Å².